The Morgan fingerprint density at radius 3 is 2.81 bits per heavy atom. The number of carbonyl (C=O) groups excluding carboxylic acids is 1. The fourth-order valence-corrected chi connectivity index (χ4v) is 4.05. The SMILES string of the molecule is C[C@H]1[C@H](c2cc3oc(C(N)=O)cc3cn2)C2CCN1CC2. The molecule has 2 bridgehead atoms. The van der Waals surface area contributed by atoms with Crippen LogP contribution in [0.2, 0.25) is 0 Å². The van der Waals surface area contributed by atoms with Crippen molar-refractivity contribution in [3.63, 3.8) is 0 Å². The summed E-state index contributed by atoms with van der Waals surface area (Å²) in [7, 11) is 0. The molecule has 2 aromatic heterocycles. The molecule has 0 aromatic carbocycles. The Bertz CT molecular complexity index is 699. The summed E-state index contributed by atoms with van der Waals surface area (Å²) in [6.07, 6.45) is 4.30. The average Bonchev–Trinajstić information content (AvgIpc) is 2.91. The molecular weight excluding hydrogens is 266 g/mol. The summed E-state index contributed by atoms with van der Waals surface area (Å²) in [5, 5.41) is 0.835. The number of rotatable bonds is 2. The molecule has 21 heavy (non-hydrogen) atoms. The van der Waals surface area contributed by atoms with E-state index in [4.69, 9.17) is 10.2 Å². The van der Waals surface area contributed by atoms with Gasteiger partial charge in [0, 0.05) is 35.3 Å². The van der Waals surface area contributed by atoms with Crippen molar-refractivity contribution in [1.29, 1.82) is 0 Å². The Kier molecular flexibility index (Phi) is 2.79. The van der Waals surface area contributed by atoms with E-state index in [2.05, 4.69) is 16.8 Å². The fraction of sp³-hybridized carbons (Fsp3) is 0.500. The second kappa shape index (κ2) is 4.56. The topological polar surface area (TPSA) is 72.4 Å². The molecule has 2 atom stereocenters. The molecule has 0 aliphatic carbocycles. The number of nitrogens with two attached hydrogens (primary N) is 1. The highest BCUT2D eigenvalue weighted by atomic mass is 16.3. The molecule has 3 saturated heterocycles. The number of primary amides is 1. The normalized spacial score (nSPS) is 31.7. The standard InChI is InChI=1S/C16H19N3O2/c1-9-15(10-2-4-19(9)5-3-10)12-7-13-11(8-18-12)6-14(21-13)16(17)20/h6-10,15H,2-5H2,1H3,(H2,17,20)/t9-,15-/m0/s1. The van der Waals surface area contributed by atoms with Crippen molar-refractivity contribution in [3.05, 3.63) is 29.8 Å². The van der Waals surface area contributed by atoms with E-state index in [0.717, 1.165) is 11.1 Å². The van der Waals surface area contributed by atoms with Gasteiger partial charge in [-0.25, -0.2) is 0 Å². The quantitative estimate of drug-likeness (QED) is 0.917. The highest BCUT2D eigenvalue weighted by molar-refractivity contribution is 5.94. The molecule has 0 unspecified atom stereocenters. The van der Waals surface area contributed by atoms with Crippen LogP contribution in [0.15, 0.2) is 22.7 Å². The van der Waals surface area contributed by atoms with Crippen molar-refractivity contribution in [3.8, 4) is 0 Å². The lowest BCUT2D eigenvalue weighted by molar-refractivity contribution is 0.0335. The second-order valence-electron chi connectivity index (χ2n) is 6.26. The van der Waals surface area contributed by atoms with Gasteiger partial charge in [0.15, 0.2) is 5.76 Å². The third-order valence-corrected chi connectivity index (χ3v) is 5.18. The maximum atomic E-state index is 11.2. The number of piperidine rings is 3. The van der Waals surface area contributed by atoms with Crippen LogP contribution in [-0.2, 0) is 0 Å². The lowest BCUT2D eigenvalue weighted by atomic mass is 9.72. The van der Waals surface area contributed by atoms with Crippen LogP contribution in [0, 0.1) is 5.92 Å². The van der Waals surface area contributed by atoms with Crippen LogP contribution in [0.25, 0.3) is 11.0 Å². The predicted octanol–water partition coefficient (Wildman–Crippen LogP) is 2.12. The van der Waals surface area contributed by atoms with Crippen LogP contribution in [0.4, 0.5) is 0 Å². The predicted molar refractivity (Wildman–Crippen MR) is 79.0 cm³/mol. The first-order valence-corrected chi connectivity index (χ1v) is 7.57. The Hall–Kier alpha value is -1.88. The molecule has 2 aromatic rings. The molecule has 3 aliphatic heterocycles. The molecular formula is C16H19N3O2. The Morgan fingerprint density at radius 2 is 2.14 bits per heavy atom. The monoisotopic (exact) mass is 285 g/mol. The molecule has 0 saturated carbocycles. The first kappa shape index (κ1) is 12.8. The third kappa shape index (κ3) is 1.95. The number of nitrogens with zero attached hydrogens (tertiary/aromatic N) is 2. The molecule has 5 heteroatoms. The van der Waals surface area contributed by atoms with E-state index in [-0.39, 0.29) is 5.76 Å². The van der Waals surface area contributed by atoms with Crippen LogP contribution in [0.5, 0.6) is 0 Å². The summed E-state index contributed by atoms with van der Waals surface area (Å²) in [6, 6.07) is 4.17. The molecule has 5 heterocycles. The van der Waals surface area contributed by atoms with Gasteiger partial charge in [0.25, 0.3) is 5.91 Å². The zero-order valence-electron chi connectivity index (χ0n) is 12.1. The van der Waals surface area contributed by atoms with Gasteiger partial charge >= 0.3 is 0 Å². The maximum absolute atomic E-state index is 11.2. The van der Waals surface area contributed by atoms with Crippen LogP contribution < -0.4 is 5.73 Å². The van der Waals surface area contributed by atoms with Gasteiger partial charge in [-0.15, -0.1) is 0 Å². The molecule has 0 spiro atoms. The van der Waals surface area contributed by atoms with Gasteiger partial charge in [-0.05, 0) is 44.8 Å². The lowest BCUT2D eigenvalue weighted by Gasteiger charge is -2.49. The van der Waals surface area contributed by atoms with Gasteiger partial charge in [-0.3, -0.25) is 14.7 Å². The fourth-order valence-electron chi connectivity index (χ4n) is 4.05. The number of pyridine rings is 1. The van der Waals surface area contributed by atoms with Gasteiger partial charge in [0.2, 0.25) is 0 Å². The number of carbonyl (C=O) groups is 1. The highest BCUT2D eigenvalue weighted by Crippen LogP contribution is 2.43. The van der Waals surface area contributed by atoms with E-state index in [9.17, 15) is 4.79 Å². The van der Waals surface area contributed by atoms with E-state index < -0.39 is 5.91 Å². The van der Waals surface area contributed by atoms with Crippen LogP contribution in [0.1, 0.15) is 41.9 Å². The summed E-state index contributed by atoms with van der Waals surface area (Å²) in [4.78, 5) is 18.4. The van der Waals surface area contributed by atoms with Crippen molar-refractivity contribution < 1.29 is 9.21 Å². The number of fused-ring (bicyclic) bond motifs is 4. The summed E-state index contributed by atoms with van der Waals surface area (Å²) >= 11 is 0. The number of aromatic nitrogens is 1. The van der Waals surface area contributed by atoms with E-state index in [1.807, 2.05) is 6.07 Å². The Morgan fingerprint density at radius 1 is 1.38 bits per heavy atom. The van der Waals surface area contributed by atoms with Crippen molar-refractivity contribution in [1.82, 2.24) is 9.88 Å². The van der Waals surface area contributed by atoms with E-state index >= 15 is 0 Å². The number of hydrogen-bond donors (Lipinski definition) is 1. The van der Waals surface area contributed by atoms with Crippen LogP contribution in [0.3, 0.4) is 0 Å². The van der Waals surface area contributed by atoms with Gasteiger partial charge in [0.05, 0.1) is 0 Å². The molecule has 3 aliphatic rings. The van der Waals surface area contributed by atoms with Gasteiger partial charge in [-0.2, -0.15) is 0 Å². The maximum Gasteiger partial charge on any atom is 0.284 e. The molecule has 5 rings (SSSR count). The number of hydrogen-bond acceptors (Lipinski definition) is 4. The van der Waals surface area contributed by atoms with Crippen LogP contribution >= 0.6 is 0 Å². The molecule has 1 amide bonds. The van der Waals surface area contributed by atoms with E-state index in [1.54, 1.807) is 12.3 Å². The minimum absolute atomic E-state index is 0.200. The minimum Gasteiger partial charge on any atom is -0.451 e. The summed E-state index contributed by atoms with van der Waals surface area (Å²) in [5.74, 6) is 0.828. The largest absolute Gasteiger partial charge is 0.451 e. The van der Waals surface area contributed by atoms with Crippen molar-refractivity contribution in [2.24, 2.45) is 11.7 Å². The number of amides is 1. The van der Waals surface area contributed by atoms with Crippen molar-refractivity contribution in [2.45, 2.75) is 31.7 Å². The van der Waals surface area contributed by atoms with Crippen LogP contribution in [-0.4, -0.2) is 34.9 Å². The Labute approximate surface area is 123 Å². The average molecular weight is 285 g/mol. The lowest BCUT2D eigenvalue weighted by Crippen LogP contribution is -2.52. The molecule has 5 nitrogen and oxygen atoms in total. The zero-order valence-corrected chi connectivity index (χ0v) is 12.1. The summed E-state index contributed by atoms with van der Waals surface area (Å²) < 4.78 is 5.55. The van der Waals surface area contributed by atoms with Crippen molar-refractivity contribution >= 4 is 16.9 Å². The third-order valence-electron chi connectivity index (χ3n) is 5.18. The molecule has 110 valence electrons. The summed E-state index contributed by atoms with van der Waals surface area (Å²) in [6.45, 7) is 4.70. The minimum atomic E-state index is -0.538. The van der Waals surface area contributed by atoms with Gasteiger partial charge in [0.1, 0.15) is 5.58 Å². The van der Waals surface area contributed by atoms with E-state index in [0.29, 0.717) is 23.5 Å². The molecule has 3 fully saturated rings. The molecule has 2 N–H and O–H groups in total. The first-order valence-electron chi connectivity index (χ1n) is 7.57. The molecule has 0 radical (unpaired) electrons. The highest BCUT2D eigenvalue weighted by Gasteiger charge is 2.41. The summed E-state index contributed by atoms with van der Waals surface area (Å²) in [5.41, 5.74) is 7.05. The zero-order chi connectivity index (χ0) is 14.6. The number of furan rings is 1. The van der Waals surface area contributed by atoms with E-state index in [1.165, 1.54) is 25.9 Å². The second-order valence-corrected chi connectivity index (χ2v) is 6.26. The Balaban J connectivity index is 1.74. The first-order chi connectivity index (χ1) is 10.1. The van der Waals surface area contributed by atoms with Gasteiger partial charge in [-0.1, -0.05) is 0 Å². The van der Waals surface area contributed by atoms with Gasteiger partial charge < -0.3 is 10.2 Å². The van der Waals surface area contributed by atoms with Crippen molar-refractivity contribution in [2.75, 3.05) is 13.1 Å². The smallest absolute Gasteiger partial charge is 0.284 e.